The first-order valence-corrected chi connectivity index (χ1v) is 6.80. The van der Waals surface area contributed by atoms with Crippen LogP contribution < -0.4 is 5.73 Å². The smallest absolute Gasteiger partial charge is 0.128 e. The highest BCUT2D eigenvalue weighted by Gasteiger charge is 2.23. The maximum absolute atomic E-state index is 13.9. The molecule has 0 aromatic heterocycles. The third kappa shape index (κ3) is 3.09. The second-order valence-corrected chi connectivity index (χ2v) is 5.61. The van der Waals surface area contributed by atoms with E-state index in [1.165, 1.54) is 6.42 Å². The van der Waals surface area contributed by atoms with Gasteiger partial charge in [-0.25, -0.2) is 4.39 Å². The predicted octanol–water partition coefficient (Wildman–Crippen LogP) is 2.76. The van der Waals surface area contributed by atoms with Crippen molar-refractivity contribution < 1.29 is 4.39 Å². The number of piperidine rings is 1. The van der Waals surface area contributed by atoms with E-state index in [1.54, 1.807) is 6.07 Å². The average molecular weight is 250 g/mol. The highest BCUT2D eigenvalue weighted by atomic mass is 19.1. The Hall–Kier alpha value is -0.930. The maximum Gasteiger partial charge on any atom is 0.128 e. The van der Waals surface area contributed by atoms with E-state index in [0.29, 0.717) is 19.0 Å². The molecule has 3 heteroatoms. The van der Waals surface area contributed by atoms with E-state index in [4.69, 9.17) is 5.73 Å². The zero-order valence-electron chi connectivity index (χ0n) is 11.3. The lowest BCUT2D eigenvalue weighted by Crippen LogP contribution is -2.38. The molecule has 2 rings (SSSR count). The van der Waals surface area contributed by atoms with Crippen LogP contribution in [0.15, 0.2) is 18.2 Å². The van der Waals surface area contributed by atoms with Gasteiger partial charge in [-0.2, -0.15) is 0 Å². The minimum Gasteiger partial charge on any atom is -0.326 e. The second-order valence-electron chi connectivity index (χ2n) is 5.61. The normalized spacial score (nSPS) is 25.3. The Balaban J connectivity index is 2.01. The number of nitrogens with two attached hydrogens (primary N) is 1. The molecule has 0 bridgehead atoms. The molecule has 2 nitrogen and oxygen atoms in total. The Kier molecular flexibility index (Phi) is 4.36. The molecule has 0 aliphatic carbocycles. The summed E-state index contributed by atoms with van der Waals surface area (Å²) < 4.78 is 13.9. The number of likely N-dealkylation sites (tertiary alicyclic amines) is 1. The molecule has 1 aromatic rings. The molecule has 2 unspecified atom stereocenters. The summed E-state index contributed by atoms with van der Waals surface area (Å²) in [5.74, 6) is 1.36. The van der Waals surface area contributed by atoms with Crippen LogP contribution in [0.5, 0.6) is 0 Å². The minimum atomic E-state index is -0.121. The van der Waals surface area contributed by atoms with Gasteiger partial charge in [-0.05, 0) is 36.4 Å². The monoisotopic (exact) mass is 250 g/mol. The maximum atomic E-state index is 13.9. The summed E-state index contributed by atoms with van der Waals surface area (Å²) >= 11 is 0. The molecule has 0 spiro atoms. The molecule has 1 aromatic carbocycles. The molecule has 0 radical (unpaired) electrons. The second kappa shape index (κ2) is 5.81. The van der Waals surface area contributed by atoms with Crippen molar-refractivity contribution in [3.63, 3.8) is 0 Å². The molecular formula is C15H23FN2. The van der Waals surface area contributed by atoms with Gasteiger partial charge in [0.1, 0.15) is 5.82 Å². The molecule has 1 fully saturated rings. The minimum absolute atomic E-state index is 0.121. The number of halogens is 1. The van der Waals surface area contributed by atoms with Gasteiger partial charge in [0.05, 0.1) is 0 Å². The van der Waals surface area contributed by atoms with Gasteiger partial charge in [0.25, 0.3) is 0 Å². The van der Waals surface area contributed by atoms with Crippen molar-refractivity contribution in [2.45, 2.75) is 33.4 Å². The molecule has 1 aliphatic rings. The van der Waals surface area contributed by atoms with Gasteiger partial charge in [-0.15, -0.1) is 0 Å². The topological polar surface area (TPSA) is 29.3 Å². The highest BCUT2D eigenvalue weighted by molar-refractivity contribution is 5.24. The Morgan fingerprint density at radius 1 is 1.33 bits per heavy atom. The first kappa shape index (κ1) is 13.5. The number of hydrogen-bond donors (Lipinski definition) is 1. The van der Waals surface area contributed by atoms with E-state index in [-0.39, 0.29) is 5.82 Å². The zero-order valence-corrected chi connectivity index (χ0v) is 11.3. The van der Waals surface area contributed by atoms with Crippen molar-refractivity contribution in [3.8, 4) is 0 Å². The lowest BCUT2D eigenvalue weighted by atomic mass is 9.88. The van der Waals surface area contributed by atoms with Gasteiger partial charge in [0, 0.05) is 25.2 Å². The van der Waals surface area contributed by atoms with E-state index in [1.807, 2.05) is 12.1 Å². The zero-order chi connectivity index (χ0) is 13.1. The molecule has 100 valence electrons. The van der Waals surface area contributed by atoms with Crippen molar-refractivity contribution in [3.05, 3.63) is 35.1 Å². The third-order valence-corrected chi connectivity index (χ3v) is 4.17. The van der Waals surface area contributed by atoms with Gasteiger partial charge < -0.3 is 5.73 Å². The number of benzene rings is 1. The SMILES string of the molecule is CC1CCN(Cc2ccc(CN)cc2F)CC1C. The number of rotatable bonds is 3. The molecule has 2 atom stereocenters. The van der Waals surface area contributed by atoms with Crippen LogP contribution in [0.2, 0.25) is 0 Å². The van der Waals surface area contributed by atoms with Crippen molar-refractivity contribution in [2.24, 2.45) is 17.6 Å². The Bertz CT molecular complexity index is 405. The van der Waals surface area contributed by atoms with Crippen molar-refractivity contribution in [1.29, 1.82) is 0 Å². The van der Waals surface area contributed by atoms with Crippen LogP contribution in [-0.2, 0) is 13.1 Å². The van der Waals surface area contributed by atoms with E-state index in [9.17, 15) is 4.39 Å². The van der Waals surface area contributed by atoms with E-state index in [0.717, 1.165) is 30.1 Å². The third-order valence-electron chi connectivity index (χ3n) is 4.17. The lowest BCUT2D eigenvalue weighted by Gasteiger charge is -2.35. The van der Waals surface area contributed by atoms with Crippen LogP contribution in [0.1, 0.15) is 31.4 Å². The molecule has 0 saturated carbocycles. The van der Waals surface area contributed by atoms with Crippen LogP contribution in [0.4, 0.5) is 4.39 Å². The number of nitrogens with zero attached hydrogens (tertiary/aromatic N) is 1. The van der Waals surface area contributed by atoms with Crippen LogP contribution in [0.25, 0.3) is 0 Å². The highest BCUT2D eigenvalue weighted by Crippen LogP contribution is 2.24. The van der Waals surface area contributed by atoms with E-state index >= 15 is 0 Å². The predicted molar refractivity (Wildman–Crippen MR) is 72.5 cm³/mol. The van der Waals surface area contributed by atoms with Crippen molar-refractivity contribution in [2.75, 3.05) is 13.1 Å². The quantitative estimate of drug-likeness (QED) is 0.893. The molecule has 0 amide bonds. The van der Waals surface area contributed by atoms with Crippen LogP contribution in [-0.4, -0.2) is 18.0 Å². The fraction of sp³-hybridized carbons (Fsp3) is 0.600. The molecular weight excluding hydrogens is 227 g/mol. The molecule has 2 N–H and O–H groups in total. The summed E-state index contributed by atoms with van der Waals surface area (Å²) in [6, 6.07) is 5.36. The molecule has 1 saturated heterocycles. The van der Waals surface area contributed by atoms with Gasteiger partial charge in [0.2, 0.25) is 0 Å². The van der Waals surface area contributed by atoms with E-state index in [2.05, 4.69) is 18.7 Å². The summed E-state index contributed by atoms with van der Waals surface area (Å²) in [5, 5.41) is 0. The molecule has 1 heterocycles. The lowest BCUT2D eigenvalue weighted by molar-refractivity contribution is 0.131. The number of hydrogen-bond acceptors (Lipinski definition) is 2. The van der Waals surface area contributed by atoms with Crippen molar-refractivity contribution in [1.82, 2.24) is 4.90 Å². The average Bonchev–Trinajstić information content (AvgIpc) is 2.36. The molecule has 18 heavy (non-hydrogen) atoms. The summed E-state index contributed by atoms with van der Waals surface area (Å²) in [5.41, 5.74) is 7.15. The van der Waals surface area contributed by atoms with Crippen molar-refractivity contribution >= 4 is 0 Å². The first-order valence-electron chi connectivity index (χ1n) is 6.80. The summed E-state index contributed by atoms with van der Waals surface area (Å²) in [4.78, 5) is 2.35. The van der Waals surface area contributed by atoms with Gasteiger partial charge in [0.15, 0.2) is 0 Å². The molecule has 1 aliphatic heterocycles. The summed E-state index contributed by atoms with van der Waals surface area (Å²) in [6.07, 6.45) is 1.21. The largest absolute Gasteiger partial charge is 0.326 e. The first-order chi connectivity index (χ1) is 8.60. The van der Waals surface area contributed by atoms with Gasteiger partial charge in [-0.1, -0.05) is 26.0 Å². The Labute approximate surface area is 109 Å². The van der Waals surface area contributed by atoms with E-state index < -0.39 is 0 Å². The van der Waals surface area contributed by atoms with Crippen LogP contribution >= 0.6 is 0 Å². The van der Waals surface area contributed by atoms with Gasteiger partial charge in [-0.3, -0.25) is 4.90 Å². The summed E-state index contributed by atoms with van der Waals surface area (Å²) in [6.45, 7) is 7.84. The Morgan fingerprint density at radius 2 is 2.11 bits per heavy atom. The van der Waals surface area contributed by atoms with Crippen LogP contribution in [0.3, 0.4) is 0 Å². The standard InChI is InChI=1S/C15H23FN2/c1-11-5-6-18(9-12(11)2)10-14-4-3-13(8-17)7-15(14)16/h3-4,7,11-12H,5-6,8-10,17H2,1-2H3. The summed E-state index contributed by atoms with van der Waals surface area (Å²) in [7, 11) is 0. The van der Waals surface area contributed by atoms with Crippen LogP contribution in [0, 0.1) is 17.7 Å². The fourth-order valence-corrected chi connectivity index (χ4v) is 2.58. The van der Waals surface area contributed by atoms with Gasteiger partial charge >= 0.3 is 0 Å². The Morgan fingerprint density at radius 3 is 2.72 bits per heavy atom. The fourth-order valence-electron chi connectivity index (χ4n) is 2.58.